The molecule has 3 rings (SSSR count). The van der Waals surface area contributed by atoms with Crippen molar-refractivity contribution in [2.24, 2.45) is 0 Å². The molecule has 22 heavy (non-hydrogen) atoms. The first-order chi connectivity index (χ1) is 10.6. The molecule has 2 aromatic heterocycles. The van der Waals surface area contributed by atoms with Gasteiger partial charge in [-0.05, 0) is 24.3 Å². The molecule has 7 heteroatoms. The Morgan fingerprint density at radius 3 is 2.91 bits per heavy atom. The van der Waals surface area contributed by atoms with Crippen LogP contribution in [-0.2, 0) is 6.54 Å². The topological polar surface area (TPSA) is 105 Å². The molecule has 2 N–H and O–H groups in total. The number of hydrogen-bond acceptors (Lipinski definition) is 5. The Morgan fingerprint density at radius 2 is 2.09 bits per heavy atom. The zero-order chi connectivity index (χ0) is 15.5. The van der Waals surface area contributed by atoms with Gasteiger partial charge in [-0.3, -0.25) is 9.78 Å². The number of nitrogens with zero attached hydrogens (tertiary/aromatic N) is 2. The Hall–Kier alpha value is -3.22. The van der Waals surface area contributed by atoms with Gasteiger partial charge in [0.15, 0.2) is 17.8 Å². The van der Waals surface area contributed by atoms with Crippen molar-refractivity contribution < 1.29 is 19.1 Å². The second kappa shape index (κ2) is 5.65. The van der Waals surface area contributed by atoms with E-state index in [2.05, 4.69) is 15.3 Å². The number of aromatic carboxylic acids is 1. The average molecular weight is 297 g/mol. The lowest BCUT2D eigenvalue weighted by Gasteiger charge is -2.05. The third kappa shape index (κ3) is 2.64. The number of carboxylic acid groups (broad SMARTS) is 1. The van der Waals surface area contributed by atoms with Crippen LogP contribution >= 0.6 is 0 Å². The number of oxazole rings is 1. The molecule has 0 atom stereocenters. The summed E-state index contributed by atoms with van der Waals surface area (Å²) < 4.78 is 4.97. The molecule has 1 aromatic carbocycles. The van der Waals surface area contributed by atoms with Gasteiger partial charge in [-0.2, -0.15) is 0 Å². The summed E-state index contributed by atoms with van der Waals surface area (Å²) in [5, 5.41) is 12.4. The molecule has 2 heterocycles. The number of benzene rings is 1. The molecule has 3 aromatic rings. The van der Waals surface area contributed by atoms with Gasteiger partial charge in [0.05, 0.1) is 12.1 Å². The van der Waals surface area contributed by atoms with E-state index in [0.29, 0.717) is 5.56 Å². The fourth-order valence-electron chi connectivity index (χ4n) is 2.05. The van der Waals surface area contributed by atoms with Gasteiger partial charge >= 0.3 is 5.97 Å². The summed E-state index contributed by atoms with van der Waals surface area (Å²) in [5.74, 6) is -1.43. The van der Waals surface area contributed by atoms with Crippen LogP contribution in [-0.4, -0.2) is 27.0 Å². The number of carbonyl (C=O) groups is 2. The molecule has 0 saturated heterocycles. The Labute approximate surface area is 124 Å². The lowest BCUT2D eigenvalue weighted by atomic mass is 10.1. The number of hydrogen-bond donors (Lipinski definition) is 2. The molecule has 0 spiro atoms. The maximum atomic E-state index is 12.1. The Bertz CT molecular complexity index is 857. The van der Waals surface area contributed by atoms with Gasteiger partial charge < -0.3 is 14.8 Å². The van der Waals surface area contributed by atoms with Crippen LogP contribution in [0.4, 0.5) is 0 Å². The van der Waals surface area contributed by atoms with Crippen LogP contribution in [0.15, 0.2) is 47.3 Å². The Kier molecular flexibility index (Phi) is 3.53. The van der Waals surface area contributed by atoms with E-state index < -0.39 is 5.97 Å². The van der Waals surface area contributed by atoms with Crippen molar-refractivity contribution >= 4 is 22.8 Å². The monoisotopic (exact) mass is 297 g/mol. The van der Waals surface area contributed by atoms with Crippen LogP contribution in [0.1, 0.15) is 26.6 Å². The smallest absolute Gasteiger partial charge is 0.358 e. The highest BCUT2D eigenvalue weighted by molar-refractivity contribution is 5.98. The lowest BCUT2D eigenvalue weighted by Crippen LogP contribution is -2.23. The van der Waals surface area contributed by atoms with Crippen molar-refractivity contribution in [3.8, 4) is 0 Å². The summed E-state index contributed by atoms with van der Waals surface area (Å²) in [4.78, 5) is 30.8. The van der Waals surface area contributed by atoms with Crippen LogP contribution in [0.5, 0.6) is 0 Å². The van der Waals surface area contributed by atoms with E-state index >= 15 is 0 Å². The fraction of sp³-hybridized carbons (Fsp3) is 0.0667. The summed E-state index contributed by atoms with van der Waals surface area (Å²) in [6, 6.07) is 8.77. The molecular weight excluding hydrogens is 286 g/mol. The van der Waals surface area contributed by atoms with Crippen molar-refractivity contribution in [2.75, 3.05) is 0 Å². The maximum Gasteiger partial charge on any atom is 0.358 e. The van der Waals surface area contributed by atoms with E-state index in [0.717, 1.165) is 17.3 Å². The minimum absolute atomic E-state index is 0.0501. The number of carboxylic acids is 1. The highest BCUT2D eigenvalue weighted by Gasteiger charge is 2.16. The van der Waals surface area contributed by atoms with Crippen molar-refractivity contribution in [1.82, 2.24) is 15.3 Å². The van der Waals surface area contributed by atoms with Crippen molar-refractivity contribution in [3.63, 3.8) is 0 Å². The minimum Gasteiger partial charge on any atom is -0.476 e. The third-order valence-electron chi connectivity index (χ3n) is 3.12. The van der Waals surface area contributed by atoms with Crippen molar-refractivity contribution in [2.45, 2.75) is 6.54 Å². The minimum atomic E-state index is -1.20. The quantitative estimate of drug-likeness (QED) is 0.761. The highest BCUT2D eigenvalue weighted by Crippen LogP contribution is 2.13. The van der Waals surface area contributed by atoms with Gasteiger partial charge in [0.1, 0.15) is 0 Å². The first-order valence-corrected chi connectivity index (χ1v) is 6.44. The van der Waals surface area contributed by atoms with E-state index in [1.165, 1.54) is 0 Å². The van der Waals surface area contributed by atoms with E-state index in [4.69, 9.17) is 9.52 Å². The summed E-state index contributed by atoms with van der Waals surface area (Å²) >= 11 is 0. The van der Waals surface area contributed by atoms with Gasteiger partial charge in [0, 0.05) is 17.1 Å². The standard InChI is InChI=1S/C15H11N3O4/c19-14(17-7-12-13(15(20)21)18-8-22-12)10-3-4-11-9(6-10)2-1-5-16-11/h1-6,8H,7H2,(H,17,19)(H,20,21). The van der Waals surface area contributed by atoms with Crippen LogP contribution < -0.4 is 5.32 Å². The number of aromatic nitrogens is 2. The van der Waals surface area contributed by atoms with Gasteiger partial charge in [-0.1, -0.05) is 6.07 Å². The molecule has 0 unspecified atom stereocenters. The van der Waals surface area contributed by atoms with Crippen LogP contribution in [0, 0.1) is 0 Å². The summed E-state index contributed by atoms with van der Waals surface area (Å²) in [6.45, 7) is -0.0501. The van der Waals surface area contributed by atoms with Gasteiger partial charge in [0.25, 0.3) is 5.91 Å². The molecule has 7 nitrogen and oxygen atoms in total. The van der Waals surface area contributed by atoms with E-state index in [1.54, 1.807) is 30.5 Å². The second-order valence-corrected chi connectivity index (χ2v) is 4.52. The van der Waals surface area contributed by atoms with Crippen LogP contribution in [0.3, 0.4) is 0 Å². The summed E-state index contributed by atoms with van der Waals surface area (Å²) in [7, 11) is 0. The largest absolute Gasteiger partial charge is 0.476 e. The van der Waals surface area contributed by atoms with Crippen LogP contribution in [0.25, 0.3) is 10.9 Å². The molecule has 1 amide bonds. The fourth-order valence-corrected chi connectivity index (χ4v) is 2.05. The molecule has 0 radical (unpaired) electrons. The first-order valence-electron chi connectivity index (χ1n) is 6.44. The van der Waals surface area contributed by atoms with Gasteiger partial charge in [-0.25, -0.2) is 9.78 Å². The number of nitrogens with one attached hydrogen (secondary N) is 1. The third-order valence-corrected chi connectivity index (χ3v) is 3.12. The predicted octanol–water partition coefficient (Wildman–Crippen LogP) is 1.85. The predicted molar refractivity (Wildman–Crippen MR) is 76.4 cm³/mol. The molecule has 0 saturated carbocycles. The summed E-state index contributed by atoms with van der Waals surface area (Å²) in [6.07, 6.45) is 2.71. The summed E-state index contributed by atoms with van der Waals surface area (Å²) in [5.41, 5.74) is 1.04. The molecule has 110 valence electrons. The lowest BCUT2D eigenvalue weighted by molar-refractivity contribution is 0.0687. The number of amides is 1. The Balaban J connectivity index is 1.75. The Morgan fingerprint density at radius 1 is 1.23 bits per heavy atom. The second-order valence-electron chi connectivity index (χ2n) is 4.52. The molecule has 0 aliphatic rings. The van der Waals surface area contributed by atoms with E-state index in [9.17, 15) is 9.59 Å². The van der Waals surface area contributed by atoms with E-state index in [-0.39, 0.29) is 23.9 Å². The molecule has 0 bridgehead atoms. The van der Waals surface area contributed by atoms with Crippen LogP contribution in [0.2, 0.25) is 0 Å². The van der Waals surface area contributed by atoms with Crippen molar-refractivity contribution in [3.05, 3.63) is 59.9 Å². The SMILES string of the molecule is O=C(NCc1ocnc1C(=O)O)c1ccc2ncccc2c1. The molecule has 0 aliphatic carbocycles. The molecule has 0 fully saturated rings. The normalized spacial score (nSPS) is 10.5. The zero-order valence-electron chi connectivity index (χ0n) is 11.3. The molecule has 0 aliphatic heterocycles. The van der Waals surface area contributed by atoms with Crippen molar-refractivity contribution in [1.29, 1.82) is 0 Å². The first kappa shape index (κ1) is 13.7. The number of pyridine rings is 1. The number of rotatable bonds is 4. The average Bonchev–Trinajstić information content (AvgIpc) is 3.01. The maximum absolute atomic E-state index is 12.1. The number of carbonyl (C=O) groups excluding carboxylic acids is 1. The highest BCUT2D eigenvalue weighted by atomic mass is 16.4. The zero-order valence-corrected chi connectivity index (χ0v) is 11.3. The van der Waals surface area contributed by atoms with Gasteiger partial charge in [0.2, 0.25) is 0 Å². The van der Waals surface area contributed by atoms with Gasteiger partial charge in [-0.15, -0.1) is 0 Å². The van der Waals surface area contributed by atoms with E-state index in [1.807, 2.05) is 6.07 Å². The number of fused-ring (bicyclic) bond motifs is 1. The molecular formula is C15H11N3O4.